The molecule has 41 valence electrons. The summed E-state index contributed by atoms with van der Waals surface area (Å²) in [6.45, 7) is 0. The van der Waals surface area contributed by atoms with Crippen molar-refractivity contribution in [3.8, 4) is 0 Å². The van der Waals surface area contributed by atoms with Gasteiger partial charge >= 0.3 is 0 Å². The summed E-state index contributed by atoms with van der Waals surface area (Å²) in [4.78, 5) is 0. The molecule has 0 aromatic carbocycles. The van der Waals surface area contributed by atoms with E-state index in [-0.39, 0.29) is 0 Å². The first-order valence-corrected chi connectivity index (χ1v) is 2.49. The maximum absolute atomic E-state index is 11.8. The van der Waals surface area contributed by atoms with Crippen LogP contribution in [-0.4, -0.2) is 6.36 Å². The largest absolute Gasteiger partial charge is 0.322 e. The van der Waals surface area contributed by atoms with Crippen molar-refractivity contribution in [3.63, 3.8) is 0 Å². The highest BCUT2D eigenvalue weighted by molar-refractivity contribution is 6.25. The first kappa shape index (κ1) is 5.32. The van der Waals surface area contributed by atoms with Gasteiger partial charge in [-0.15, -0.1) is 0 Å². The van der Waals surface area contributed by atoms with E-state index in [0.717, 1.165) is 0 Å². The van der Waals surface area contributed by atoms with Crippen molar-refractivity contribution >= 4 is 11.6 Å². The number of ether oxygens (including phenoxy) is 1. The van der Waals surface area contributed by atoms with Crippen molar-refractivity contribution in [1.82, 2.24) is 0 Å². The van der Waals surface area contributed by atoms with Gasteiger partial charge < -0.3 is 4.74 Å². The van der Waals surface area contributed by atoms with Gasteiger partial charge in [0.2, 0.25) is 6.36 Å². The van der Waals surface area contributed by atoms with Crippen molar-refractivity contribution in [2.75, 3.05) is 0 Å². The number of hydrogen-bond acceptors (Lipinski definition) is 1. The maximum atomic E-state index is 11.8. The normalized spacial score (nSPS) is 34.3. The monoisotopic (exact) mass is 123 g/mol. The van der Waals surface area contributed by atoms with Gasteiger partial charge in [0.1, 0.15) is 0 Å². The van der Waals surface area contributed by atoms with Crippen LogP contribution in [-0.2, 0) is 4.74 Å². The molecular formula is C4H5ClFO. The molecule has 1 rings (SSSR count). The van der Waals surface area contributed by atoms with Crippen LogP contribution >= 0.6 is 11.6 Å². The minimum atomic E-state index is -1.15. The van der Waals surface area contributed by atoms with Crippen LogP contribution in [0.3, 0.4) is 0 Å². The predicted molar refractivity (Wildman–Crippen MR) is 24.3 cm³/mol. The second-order valence-corrected chi connectivity index (χ2v) is 1.84. The number of hydrogen-bond donors (Lipinski definition) is 0. The zero-order valence-electron chi connectivity index (χ0n) is 3.66. The van der Waals surface area contributed by atoms with E-state index in [1.807, 2.05) is 0 Å². The van der Waals surface area contributed by atoms with Crippen LogP contribution in [0.15, 0.2) is 0 Å². The molecule has 0 N–H and O–H groups in total. The van der Waals surface area contributed by atoms with Crippen LogP contribution in [0, 0.1) is 5.56 Å². The Morgan fingerprint density at radius 3 is 2.71 bits per heavy atom. The van der Waals surface area contributed by atoms with E-state index in [4.69, 9.17) is 11.6 Å². The summed E-state index contributed by atoms with van der Waals surface area (Å²) in [7, 11) is 0. The van der Waals surface area contributed by atoms with Gasteiger partial charge in [-0.05, 0) is 6.42 Å². The Kier molecular flexibility index (Phi) is 1.50. The van der Waals surface area contributed by atoms with E-state index in [1.165, 1.54) is 0 Å². The fourth-order valence-corrected chi connectivity index (χ4v) is 0.689. The predicted octanol–water partition coefficient (Wildman–Crippen LogP) is 1.82. The van der Waals surface area contributed by atoms with Crippen molar-refractivity contribution < 1.29 is 9.13 Å². The molecule has 0 spiro atoms. The molecule has 1 aliphatic heterocycles. The zero-order chi connectivity index (χ0) is 5.28. The standard InChI is InChI=1S/C4H5ClFO/c5-3-1-2-4(6)7-3/h4H,1-2H2. The fourth-order valence-electron chi connectivity index (χ4n) is 0.484. The summed E-state index contributed by atoms with van der Waals surface area (Å²) in [5, 5.41) is 0. The van der Waals surface area contributed by atoms with Crippen LogP contribution < -0.4 is 0 Å². The Labute approximate surface area is 46.4 Å². The molecular weight excluding hydrogens is 118 g/mol. The lowest BCUT2D eigenvalue weighted by Gasteiger charge is -1.94. The Balaban J connectivity index is 2.26. The van der Waals surface area contributed by atoms with Crippen LogP contribution in [0.1, 0.15) is 12.8 Å². The average Bonchev–Trinajstić information content (AvgIpc) is 1.87. The van der Waals surface area contributed by atoms with E-state index >= 15 is 0 Å². The third kappa shape index (κ3) is 1.28. The fraction of sp³-hybridized carbons (Fsp3) is 0.750. The maximum Gasteiger partial charge on any atom is 0.201 e. The van der Waals surface area contributed by atoms with E-state index in [2.05, 4.69) is 4.74 Å². The number of halogens is 2. The molecule has 1 fully saturated rings. The molecule has 0 saturated carbocycles. The highest BCUT2D eigenvalue weighted by Gasteiger charge is 2.23. The topological polar surface area (TPSA) is 9.23 Å². The van der Waals surface area contributed by atoms with E-state index < -0.39 is 6.36 Å². The molecule has 1 heterocycles. The molecule has 0 aliphatic carbocycles. The molecule has 0 aromatic heterocycles. The van der Waals surface area contributed by atoms with Crippen LogP contribution in [0.25, 0.3) is 0 Å². The molecule has 1 nitrogen and oxygen atoms in total. The third-order valence-corrected chi connectivity index (χ3v) is 1.10. The number of rotatable bonds is 0. The van der Waals surface area contributed by atoms with Gasteiger partial charge in [-0.25, -0.2) is 4.39 Å². The van der Waals surface area contributed by atoms with Crippen LogP contribution in [0.4, 0.5) is 4.39 Å². The van der Waals surface area contributed by atoms with E-state index in [0.29, 0.717) is 18.4 Å². The van der Waals surface area contributed by atoms with Gasteiger partial charge in [0.05, 0.1) is 0 Å². The summed E-state index contributed by atoms with van der Waals surface area (Å²) in [5.41, 5.74) is 0.299. The second kappa shape index (κ2) is 1.97. The van der Waals surface area contributed by atoms with Gasteiger partial charge in [0.15, 0.2) is 5.56 Å². The van der Waals surface area contributed by atoms with Crippen LogP contribution in [0.5, 0.6) is 0 Å². The van der Waals surface area contributed by atoms with Crippen molar-refractivity contribution in [1.29, 1.82) is 0 Å². The van der Waals surface area contributed by atoms with Crippen LogP contribution in [0.2, 0.25) is 0 Å². The van der Waals surface area contributed by atoms with Gasteiger partial charge in [-0.3, -0.25) is 0 Å². The molecule has 0 amide bonds. The van der Waals surface area contributed by atoms with Crippen molar-refractivity contribution in [2.45, 2.75) is 19.2 Å². The van der Waals surface area contributed by atoms with Gasteiger partial charge in [-0.2, -0.15) is 0 Å². The third-order valence-electron chi connectivity index (χ3n) is 0.824. The Morgan fingerprint density at radius 2 is 2.57 bits per heavy atom. The Bertz CT molecular complexity index is 60.7. The Morgan fingerprint density at radius 1 is 1.86 bits per heavy atom. The zero-order valence-corrected chi connectivity index (χ0v) is 4.41. The molecule has 0 aromatic rings. The second-order valence-electron chi connectivity index (χ2n) is 1.42. The number of alkyl halides is 1. The SMILES string of the molecule is FC1CC[C](Cl)O1. The lowest BCUT2D eigenvalue weighted by atomic mass is 10.4. The molecule has 7 heavy (non-hydrogen) atoms. The van der Waals surface area contributed by atoms with E-state index in [9.17, 15) is 4.39 Å². The van der Waals surface area contributed by atoms with Crippen molar-refractivity contribution in [2.24, 2.45) is 0 Å². The molecule has 0 bridgehead atoms. The first-order chi connectivity index (χ1) is 3.29. The lowest BCUT2D eigenvalue weighted by Crippen LogP contribution is -1.92. The van der Waals surface area contributed by atoms with Gasteiger partial charge in [0, 0.05) is 6.42 Å². The average molecular weight is 124 g/mol. The molecule has 1 unspecified atom stereocenters. The summed E-state index contributed by atoms with van der Waals surface area (Å²) >= 11 is 5.26. The minimum absolute atomic E-state index is 0.299. The van der Waals surface area contributed by atoms with Crippen molar-refractivity contribution in [3.05, 3.63) is 5.56 Å². The minimum Gasteiger partial charge on any atom is -0.322 e. The highest BCUT2D eigenvalue weighted by Crippen LogP contribution is 2.28. The summed E-state index contributed by atoms with van der Waals surface area (Å²) < 4.78 is 16.2. The lowest BCUT2D eigenvalue weighted by molar-refractivity contribution is 0.0288. The highest BCUT2D eigenvalue weighted by atomic mass is 35.5. The quantitative estimate of drug-likeness (QED) is 0.478. The van der Waals surface area contributed by atoms with Gasteiger partial charge in [-0.1, -0.05) is 11.6 Å². The molecule has 1 aliphatic rings. The summed E-state index contributed by atoms with van der Waals surface area (Å²) in [5.74, 6) is 0. The molecule has 1 radical (unpaired) electrons. The molecule has 1 saturated heterocycles. The first-order valence-electron chi connectivity index (χ1n) is 2.11. The summed E-state index contributed by atoms with van der Waals surface area (Å²) in [6.07, 6.45) is -0.172. The smallest absolute Gasteiger partial charge is 0.201 e. The summed E-state index contributed by atoms with van der Waals surface area (Å²) in [6, 6.07) is 0. The Hall–Kier alpha value is 0.180. The van der Waals surface area contributed by atoms with E-state index in [1.54, 1.807) is 0 Å². The van der Waals surface area contributed by atoms with Gasteiger partial charge in [0.25, 0.3) is 0 Å². The molecule has 3 heteroatoms. The molecule has 1 atom stereocenters.